The number of hydrogen-bond donors (Lipinski definition) is 1. The second-order valence-corrected chi connectivity index (χ2v) is 5.43. The highest BCUT2D eigenvalue weighted by molar-refractivity contribution is 9.10. The summed E-state index contributed by atoms with van der Waals surface area (Å²) in [6.07, 6.45) is 0. The SMILES string of the molecule is Cc1ccc(C(=O)OCCOc2cccc(Br)c2)cc1N. The van der Waals surface area contributed by atoms with Crippen LogP contribution in [0.4, 0.5) is 5.69 Å². The van der Waals surface area contributed by atoms with Gasteiger partial charge in [0.15, 0.2) is 0 Å². The number of rotatable bonds is 5. The van der Waals surface area contributed by atoms with Crippen molar-refractivity contribution in [1.82, 2.24) is 0 Å². The summed E-state index contributed by atoms with van der Waals surface area (Å²) in [5.41, 5.74) is 7.72. The first-order valence-corrected chi connectivity index (χ1v) is 7.27. The van der Waals surface area contributed by atoms with Crippen molar-refractivity contribution in [3.05, 3.63) is 58.1 Å². The Morgan fingerprint density at radius 3 is 2.71 bits per heavy atom. The van der Waals surface area contributed by atoms with Crippen molar-refractivity contribution in [3.63, 3.8) is 0 Å². The first-order valence-electron chi connectivity index (χ1n) is 6.48. The number of nitrogens with two attached hydrogens (primary N) is 1. The average molecular weight is 350 g/mol. The van der Waals surface area contributed by atoms with E-state index in [-0.39, 0.29) is 6.61 Å². The van der Waals surface area contributed by atoms with Crippen LogP contribution in [0.3, 0.4) is 0 Å². The summed E-state index contributed by atoms with van der Waals surface area (Å²) < 4.78 is 11.6. The maximum absolute atomic E-state index is 11.8. The highest BCUT2D eigenvalue weighted by Crippen LogP contribution is 2.17. The number of halogens is 1. The molecule has 0 atom stereocenters. The van der Waals surface area contributed by atoms with Gasteiger partial charge in [0.1, 0.15) is 19.0 Å². The lowest BCUT2D eigenvalue weighted by Crippen LogP contribution is -2.12. The number of carbonyl (C=O) groups excluding carboxylic acids is 1. The molecule has 4 nitrogen and oxygen atoms in total. The van der Waals surface area contributed by atoms with E-state index in [1.165, 1.54) is 0 Å². The van der Waals surface area contributed by atoms with E-state index in [1.54, 1.807) is 18.2 Å². The van der Waals surface area contributed by atoms with Gasteiger partial charge >= 0.3 is 5.97 Å². The summed E-state index contributed by atoms with van der Waals surface area (Å²) in [6, 6.07) is 12.6. The van der Waals surface area contributed by atoms with Crippen LogP contribution in [0, 0.1) is 6.92 Å². The summed E-state index contributed by atoms with van der Waals surface area (Å²) in [6.45, 7) is 2.36. The highest BCUT2D eigenvalue weighted by atomic mass is 79.9. The number of anilines is 1. The van der Waals surface area contributed by atoms with Crippen molar-refractivity contribution in [2.75, 3.05) is 18.9 Å². The van der Waals surface area contributed by atoms with Crippen LogP contribution >= 0.6 is 15.9 Å². The minimum absolute atomic E-state index is 0.180. The van der Waals surface area contributed by atoms with Gasteiger partial charge in [0, 0.05) is 10.2 Å². The van der Waals surface area contributed by atoms with E-state index in [0.717, 1.165) is 15.8 Å². The van der Waals surface area contributed by atoms with Gasteiger partial charge in [-0.3, -0.25) is 0 Å². The molecule has 5 heteroatoms. The van der Waals surface area contributed by atoms with Crippen LogP contribution in [0.5, 0.6) is 5.75 Å². The number of hydrogen-bond acceptors (Lipinski definition) is 4. The minimum atomic E-state index is -0.403. The molecule has 0 radical (unpaired) electrons. The van der Waals surface area contributed by atoms with Gasteiger partial charge < -0.3 is 15.2 Å². The van der Waals surface area contributed by atoms with Crippen LogP contribution in [-0.4, -0.2) is 19.2 Å². The molecule has 0 bridgehead atoms. The molecule has 0 heterocycles. The van der Waals surface area contributed by atoms with E-state index in [9.17, 15) is 4.79 Å². The number of benzene rings is 2. The van der Waals surface area contributed by atoms with Gasteiger partial charge in [-0.25, -0.2) is 4.79 Å². The molecule has 0 fully saturated rings. The molecule has 0 unspecified atom stereocenters. The molecule has 0 amide bonds. The maximum atomic E-state index is 11.8. The Morgan fingerprint density at radius 1 is 1.19 bits per heavy atom. The monoisotopic (exact) mass is 349 g/mol. The third-order valence-electron chi connectivity index (χ3n) is 2.90. The van der Waals surface area contributed by atoms with Crippen molar-refractivity contribution in [2.45, 2.75) is 6.92 Å². The number of ether oxygens (including phenoxy) is 2. The molecule has 2 N–H and O–H groups in total. The fourth-order valence-corrected chi connectivity index (χ4v) is 2.08. The van der Waals surface area contributed by atoms with Gasteiger partial charge in [-0.1, -0.05) is 28.1 Å². The predicted octanol–water partition coefficient (Wildman–Crippen LogP) is 3.58. The van der Waals surface area contributed by atoms with Crippen LogP contribution in [-0.2, 0) is 4.74 Å². The molecule has 110 valence electrons. The van der Waals surface area contributed by atoms with E-state index in [1.807, 2.05) is 31.2 Å². The molecule has 0 saturated carbocycles. The van der Waals surface area contributed by atoms with Crippen molar-refractivity contribution in [2.24, 2.45) is 0 Å². The van der Waals surface area contributed by atoms with Crippen LogP contribution in [0.15, 0.2) is 46.9 Å². The van der Waals surface area contributed by atoms with Crippen molar-refractivity contribution in [3.8, 4) is 5.75 Å². The van der Waals surface area contributed by atoms with Crippen LogP contribution in [0.2, 0.25) is 0 Å². The lowest BCUT2D eigenvalue weighted by Gasteiger charge is -2.08. The molecule has 0 saturated heterocycles. The standard InChI is InChI=1S/C16H16BrNO3/c1-11-5-6-12(9-15(11)18)16(19)21-8-7-20-14-4-2-3-13(17)10-14/h2-6,9-10H,7-8,18H2,1H3. The average Bonchev–Trinajstić information content (AvgIpc) is 2.46. The fourth-order valence-electron chi connectivity index (χ4n) is 1.70. The summed E-state index contributed by atoms with van der Waals surface area (Å²) in [7, 11) is 0. The van der Waals surface area contributed by atoms with E-state index >= 15 is 0 Å². The largest absolute Gasteiger partial charge is 0.490 e. The van der Waals surface area contributed by atoms with Gasteiger partial charge in [-0.2, -0.15) is 0 Å². The Labute approximate surface area is 132 Å². The molecule has 0 aliphatic heterocycles. The first kappa shape index (κ1) is 15.4. The smallest absolute Gasteiger partial charge is 0.338 e. The van der Waals surface area contributed by atoms with Crippen molar-refractivity contribution < 1.29 is 14.3 Å². The van der Waals surface area contributed by atoms with Gasteiger partial charge in [0.05, 0.1) is 5.56 Å². The summed E-state index contributed by atoms with van der Waals surface area (Å²) in [5, 5.41) is 0. The van der Waals surface area contributed by atoms with E-state index < -0.39 is 5.97 Å². The van der Waals surface area contributed by atoms with Crippen LogP contribution in [0.25, 0.3) is 0 Å². The number of nitrogen functional groups attached to an aromatic ring is 1. The third kappa shape index (κ3) is 4.49. The number of esters is 1. The Bertz CT molecular complexity index is 643. The van der Waals surface area contributed by atoms with E-state index in [4.69, 9.17) is 15.2 Å². The fraction of sp³-hybridized carbons (Fsp3) is 0.188. The lowest BCUT2D eigenvalue weighted by molar-refractivity contribution is 0.0450. The normalized spacial score (nSPS) is 10.2. The second-order valence-electron chi connectivity index (χ2n) is 4.51. The molecule has 2 aromatic carbocycles. The third-order valence-corrected chi connectivity index (χ3v) is 3.39. The van der Waals surface area contributed by atoms with Gasteiger partial charge in [0.25, 0.3) is 0 Å². The van der Waals surface area contributed by atoms with Crippen LogP contribution < -0.4 is 10.5 Å². The molecule has 2 aromatic rings. The zero-order valence-corrected chi connectivity index (χ0v) is 13.2. The molecule has 21 heavy (non-hydrogen) atoms. The van der Waals surface area contributed by atoms with Crippen molar-refractivity contribution >= 4 is 27.6 Å². The first-order chi connectivity index (χ1) is 10.1. The Kier molecular flexibility index (Phi) is 5.22. The van der Waals surface area contributed by atoms with E-state index in [0.29, 0.717) is 17.9 Å². The summed E-state index contributed by atoms with van der Waals surface area (Å²) in [5.74, 6) is 0.319. The van der Waals surface area contributed by atoms with Crippen LogP contribution in [0.1, 0.15) is 15.9 Å². The molecule has 0 aromatic heterocycles. The number of aryl methyl sites for hydroxylation is 1. The van der Waals surface area contributed by atoms with Gasteiger partial charge in [0.2, 0.25) is 0 Å². The highest BCUT2D eigenvalue weighted by Gasteiger charge is 2.08. The van der Waals surface area contributed by atoms with Gasteiger partial charge in [-0.05, 0) is 42.8 Å². The Balaban J connectivity index is 1.80. The molecular weight excluding hydrogens is 334 g/mol. The van der Waals surface area contributed by atoms with Gasteiger partial charge in [-0.15, -0.1) is 0 Å². The molecular formula is C16H16BrNO3. The maximum Gasteiger partial charge on any atom is 0.338 e. The summed E-state index contributed by atoms with van der Waals surface area (Å²) >= 11 is 3.36. The quantitative estimate of drug-likeness (QED) is 0.509. The molecule has 0 aliphatic carbocycles. The zero-order chi connectivity index (χ0) is 15.2. The van der Waals surface area contributed by atoms with Crippen molar-refractivity contribution in [1.29, 1.82) is 0 Å². The zero-order valence-electron chi connectivity index (χ0n) is 11.6. The van der Waals surface area contributed by atoms with E-state index in [2.05, 4.69) is 15.9 Å². The Hall–Kier alpha value is -2.01. The second kappa shape index (κ2) is 7.13. The summed E-state index contributed by atoms with van der Waals surface area (Å²) in [4.78, 5) is 11.8. The lowest BCUT2D eigenvalue weighted by atomic mass is 10.1. The number of carbonyl (C=O) groups is 1. The predicted molar refractivity (Wildman–Crippen MR) is 85.5 cm³/mol. The minimum Gasteiger partial charge on any atom is -0.490 e. The molecule has 0 spiro atoms. The Morgan fingerprint density at radius 2 is 2.00 bits per heavy atom. The molecule has 2 rings (SSSR count). The molecule has 0 aliphatic rings. The topological polar surface area (TPSA) is 61.5 Å².